The molecule has 3 aliphatic heterocycles. The van der Waals surface area contributed by atoms with Crippen molar-refractivity contribution in [3.63, 3.8) is 0 Å². The molecular weight excluding hydrogens is 548 g/mol. The number of carbonyl (C=O) groups excluding carboxylic acids is 1. The molecule has 1 aromatic carbocycles. The normalized spacial score (nSPS) is 26.6. The van der Waals surface area contributed by atoms with E-state index in [0.717, 1.165) is 5.56 Å². The summed E-state index contributed by atoms with van der Waals surface area (Å²) in [4.78, 5) is 25.5. The number of amides is 2. The van der Waals surface area contributed by atoms with Gasteiger partial charge < -0.3 is 29.4 Å². The summed E-state index contributed by atoms with van der Waals surface area (Å²) in [5.74, 6) is -2.22. The van der Waals surface area contributed by atoms with Crippen LogP contribution in [-0.2, 0) is 22.3 Å². The number of hydrogen-bond acceptors (Lipinski definition) is 7. The fourth-order valence-corrected chi connectivity index (χ4v) is 6.89. The number of nitrogens with one attached hydrogen (secondary N) is 1. The Morgan fingerprint density at radius 3 is 2.71 bits per heavy atom. The summed E-state index contributed by atoms with van der Waals surface area (Å²) in [6, 6.07) is 5.19. The smallest absolute Gasteiger partial charge is 0.318 e. The fourth-order valence-electron chi connectivity index (χ4n) is 5.86. The van der Waals surface area contributed by atoms with Gasteiger partial charge in [0.2, 0.25) is 5.95 Å². The number of fused-ring (bicyclic) bond motifs is 3. The monoisotopic (exact) mass is 587 g/mol. The van der Waals surface area contributed by atoms with Gasteiger partial charge in [-0.2, -0.15) is 8.78 Å². The number of ether oxygens (including phenoxy) is 1. The molecule has 41 heavy (non-hydrogen) atoms. The third-order valence-corrected chi connectivity index (χ3v) is 14.2. The Bertz CT molecular complexity index is 1400. The minimum Gasteiger partial charge on any atom is -0.490 e. The highest BCUT2D eigenvalue weighted by Crippen LogP contribution is 2.47. The standard InChI is InChI=1S/C29H39F2N5O4Si/c1-17-21(37)14-36(17)25-32-23(19-9-10-29(30,31)24(19)33-25)18-7-8-20-22(13-18)39-16-28(20)15-35(26(38)34-28)11-12-40-41(5,6)27(2,3)4/h7-8,13,17,21,37H,9-12,14-16H2,1-6H3,(H,34,38)/t17-,21+,28?/m0/s1. The van der Waals surface area contributed by atoms with Crippen molar-refractivity contribution in [3.05, 3.63) is 35.0 Å². The van der Waals surface area contributed by atoms with E-state index in [1.54, 1.807) is 9.80 Å². The number of urea groups is 1. The lowest BCUT2D eigenvalue weighted by Gasteiger charge is -2.43. The maximum absolute atomic E-state index is 14.8. The molecule has 0 radical (unpaired) electrons. The van der Waals surface area contributed by atoms with E-state index in [2.05, 4.69) is 44.2 Å². The SMILES string of the molecule is C[C@H]1[C@H](O)CN1c1nc(-c2ccc3c(c2)OCC32CN(CCO[Si](C)(C)C(C)(C)C)C(=O)N2)c2c(n1)C(F)(F)CC2. The number of benzene rings is 1. The van der Waals surface area contributed by atoms with Crippen LogP contribution in [-0.4, -0.2) is 79.3 Å². The van der Waals surface area contributed by atoms with Crippen molar-refractivity contribution < 1.29 is 27.8 Å². The molecule has 1 aromatic heterocycles. The third-order valence-electron chi connectivity index (χ3n) is 9.69. The average Bonchev–Trinajstić information content (AvgIpc) is 3.53. The number of aliphatic hydroxyl groups is 1. The highest BCUT2D eigenvalue weighted by atomic mass is 28.4. The van der Waals surface area contributed by atoms with Crippen LogP contribution in [0, 0.1) is 0 Å². The lowest BCUT2D eigenvalue weighted by molar-refractivity contribution is -0.00603. The fraction of sp³-hybridized carbons (Fsp3) is 0.621. The zero-order valence-corrected chi connectivity index (χ0v) is 25.6. The Labute approximate surface area is 240 Å². The number of aromatic nitrogens is 2. The van der Waals surface area contributed by atoms with Crippen molar-refractivity contribution in [2.24, 2.45) is 0 Å². The largest absolute Gasteiger partial charge is 0.490 e. The van der Waals surface area contributed by atoms with Crippen molar-refractivity contribution in [1.29, 1.82) is 0 Å². The van der Waals surface area contributed by atoms with Gasteiger partial charge in [0.05, 0.1) is 31.0 Å². The Balaban J connectivity index is 1.25. The second-order valence-corrected chi connectivity index (χ2v) is 18.2. The number of anilines is 1. The van der Waals surface area contributed by atoms with Crippen LogP contribution < -0.4 is 15.0 Å². The lowest BCUT2D eigenvalue weighted by atomic mass is 9.91. The number of nitrogens with zero attached hydrogens (tertiary/aromatic N) is 4. The average molecular weight is 588 g/mol. The minimum absolute atomic E-state index is 0.0899. The highest BCUT2D eigenvalue weighted by molar-refractivity contribution is 6.74. The van der Waals surface area contributed by atoms with Crippen molar-refractivity contribution >= 4 is 20.3 Å². The van der Waals surface area contributed by atoms with E-state index in [0.29, 0.717) is 48.8 Å². The molecule has 1 spiro atoms. The first kappa shape index (κ1) is 28.3. The van der Waals surface area contributed by atoms with E-state index >= 15 is 0 Å². The molecule has 2 N–H and O–H groups in total. The van der Waals surface area contributed by atoms with Gasteiger partial charge in [0.1, 0.15) is 23.6 Å². The molecule has 1 unspecified atom stereocenters. The van der Waals surface area contributed by atoms with Gasteiger partial charge in [-0.25, -0.2) is 14.8 Å². The quantitative estimate of drug-likeness (QED) is 0.484. The van der Waals surface area contributed by atoms with Crippen LogP contribution in [0.2, 0.25) is 18.1 Å². The number of carbonyl (C=O) groups is 1. The number of hydrogen-bond donors (Lipinski definition) is 2. The zero-order chi connectivity index (χ0) is 29.5. The molecule has 9 nitrogen and oxygen atoms in total. The molecule has 2 amide bonds. The molecule has 3 atom stereocenters. The molecule has 0 bridgehead atoms. The van der Waals surface area contributed by atoms with Gasteiger partial charge in [-0.3, -0.25) is 0 Å². The summed E-state index contributed by atoms with van der Waals surface area (Å²) in [6.07, 6.45) is -0.669. The summed E-state index contributed by atoms with van der Waals surface area (Å²) < 4.78 is 42.1. The molecule has 2 aromatic rings. The molecule has 1 aliphatic carbocycles. The predicted octanol–water partition coefficient (Wildman–Crippen LogP) is 4.39. The van der Waals surface area contributed by atoms with Gasteiger partial charge in [-0.15, -0.1) is 0 Å². The molecule has 12 heteroatoms. The van der Waals surface area contributed by atoms with Gasteiger partial charge >= 0.3 is 6.03 Å². The summed E-state index contributed by atoms with van der Waals surface area (Å²) in [7, 11) is -1.92. The molecule has 4 heterocycles. The van der Waals surface area contributed by atoms with E-state index in [-0.39, 0.29) is 48.2 Å². The maximum Gasteiger partial charge on any atom is 0.318 e. The van der Waals surface area contributed by atoms with Crippen molar-refractivity contribution in [2.75, 3.05) is 37.7 Å². The topological polar surface area (TPSA) is 100 Å². The number of halogens is 2. The molecular formula is C29H39F2N5O4Si. The van der Waals surface area contributed by atoms with E-state index in [9.17, 15) is 18.7 Å². The predicted molar refractivity (Wildman–Crippen MR) is 153 cm³/mol. The van der Waals surface area contributed by atoms with Gasteiger partial charge in [-0.1, -0.05) is 32.9 Å². The van der Waals surface area contributed by atoms with Crippen molar-refractivity contribution in [1.82, 2.24) is 20.2 Å². The van der Waals surface area contributed by atoms with Crippen molar-refractivity contribution in [2.45, 2.75) is 82.3 Å². The van der Waals surface area contributed by atoms with Crippen LogP contribution in [0.3, 0.4) is 0 Å². The Kier molecular flexibility index (Phi) is 6.44. The van der Waals surface area contributed by atoms with Crippen LogP contribution in [0.4, 0.5) is 19.5 Å². The Morgan fingerprint density at radius 2 is 2.02 bits per heavy atom. The second kappa shape index (κ2) is 9.33. The minimum atomic E-state index is -3.03. The van der Waals surface area contributed by atoms with E-state index in [4.69, 9.17) is 14.1 Å². The molecule has 2 fully saturated rings. The van der Waals surface area contributed by atoms with Crippen LogP contribution in [0.5, 0.6) is 5.75 Å². The van der Waals surface area contributed by atoms with Gasteiger partial charge in [0.25, 0.3) is 5.92 Å². The molecule has 0 saturated carbocycles. The second-order valence-electron chi connectivity index (χ2n) is 13.4. The van der Waals surface area contributed by atoms with Crippen LogP contribution in [0.1, 0.15) is 50.9 Å². The lowest BCUT2D eigenvalue weighted by Crippen LogP contribution is -2.59. The summed E-state index contributed by atoms with van der Waals surface area (Å²) in [5, 5.41) is 13.2. The summed E-state index contributed by atoms with van der Waals surface area (Å²) in [6.45, 7) is 14.8. The first-order chi connectivity index (χ1) is 19.1. The van der Waals surface area contributed by atoms with Crippen LogP contribution in [0.25, 0.3) is 11.3 Å². The zero-order valence-electron chi connectivity index (χ0n) is 24.6. The molecule has 2 saturated heterocycles. The summed E-state index contributed by atoms with van der Waals surface area (Å²) >= 11 is 0. The number of aliphatic hydroxyl groups excluding tert-OH is 1. The van der Waals surface area contributed by atoms with Gasteiger partial charge in [0, 0.05) is 36.2 Å². The Hall–Kier alpha value is -2.83. The third kappa shape index (κ3) is 4.58. The van der Waals surface area contributed by atoms with Crippen molar-refractivity contribution in [3.8, 4) is 17.0 Å². The van der Waals surface area contributed by atoms with E-state index in [1.165, 1.54) is 0 Å². The summed E-state index contributed by atoms with van der Waals surface area (Å²) in [5.41, 5.74) is 1.51. The van der Waals surface area contributed by atoms with Gasteiger partial charge in [0.15, 0.2) is 8.32 Å². The van der Waals surface area contributed by atoms with Gasteiger partial charge in [-0.05, 0) is 37.5 Å². The maximum atomic E-state index is 14.8. The van der Waals surface area contributed by atoms with E-state index < -0.39 is 25.9 Å². The van der Waals surface area contributed by atoms with Crippen LogP contribution in [0.15, 0.2) is 18.2 Å². The highest BCUT2D eigenvalue weighted by Gasteiger charge is 2.50. The number of alkyl halides is 2. The first-order valence-corrected chi connectivity index (χ1v) is 17.3. The number of β-amino-alcohol motifs (C(OH)–C–C–N with tert-alkyl or cyclic N) is 1. The molecule has 6 rings (SSSR count). The molecule has 222 valence electrons. The first-order valence-electron chi connectivity index (χ1n) is 14.3. The van der Waals surface area contributed by atoms with Crippen LogP contribution >= 0.6 is 0 Å². The Morgan fingerprint density at radius 1 is 1.27 bits per heavy atom. The molecule has 4 aliphatic rings. The van der Waals surface area contributed by atoms with E-state index in [1.807, 2.05) is 25.1 Å². The number of rotatable bonds is 6.